The maximum atomic E-state index is 5.46. The highest BCUT2D eigenvalue weighted by Gasteiger charge is 2.24. The summed E-state index contributed by atoms with van der Waals surface area (Å²) in [4.78, 5) is 0. The zero-order valence-corrected chi connectivity index (χ0v) is 10.2. The summed E-state index contributed by atoms with van der Waals surface area (Å²) in [5.41, 5.74) is 2.53. The van der Waals surface area contributed by atoms with E-state index in [1.807, 2.05) is 0 Å². The summed E-state index contributed by atoms with van der Waals surface area (Å²) < 4.78 is 5.46. The van der Waals surface area contributed by atoms with Crippen molar-refractivity contribution in [2.24, 2.45) is 5.92 Å². The standard InChI is InChI=1S/C14H21NO/c1-3-14(12-8-9-16-10-12)15-13-6-4-11(2)5-7-13/h4-7,12,14-15H,3,8-10H2,1-2H3. The average molecular weight is 219 g/mol. The van der Waals surface area contributed by atoms with Gasteiger partial charge in [-0.25, -0.2) is 0 Å². The van der Waals surface area contributed by atoms with Gasteiger partial charge in [0.15, 0.2) is 0 Å². The highest BCUT2D eigenvalue weighted by molar-refractivity contribution is 5.45. The van der Waals surface area contributed by atoms with Crippen molar-refractivity contribution < 1.29 is 4.74 Å². The van der Waals surface area contributed by atoms with Gasteiger partial charge in [0.1, 0.15) is 0 Å². The summed E-state index contributed by atoms with van der Waals surface area (Å²) in [6.45, 7) is 6.20. The summed E-state index contributed by atoms with van der Waals surface area (Å²) in [5.74, 6) is 0.673. The van der Waals surface area contributed by atoms with Crippen LogP contribution in [0.25, 0.3) is 0 Å². The number of hydrogen-bond acceptors (Lipinski definition) is 2. The van der Waals surface area contributed by atoms with Crippen LogP contribution in [0.15, 0.2) is 24.3 Å². The van der Waals surface area contributed by atoms with Gasteiger partial charge >= 0.3 is 0 Å². The molecule has 0 aromatic heterocycles. The van der Waals surface area contributed by atoms with Crippen LogP contribution < -0.4 is 5.32 Å². The van der Waals surface area contributed by atoms with E-state index in [-0.39, 0.29) is 0 Å². The van der Waals surface area contributed by atoms with Crippen LogP contribution in [0.2, 0.25) is 0 Å². The van der Waals surface area contributed by atoms with E-state index in [0.29, 0.717) is 12.0 Å². The van der Waals surface area contributed by atoms with E-state index in [4.69, 9.17) is 4.74 Å². The van der Waals surface area contributed by atoms with E-state index in [2.05, 4.69) is 43.4 Å². The third kappa shape index (κ3) is 2.76. The van der Waals surface area contributed by atoms with Gasteiger partial charge in [0.05, 0.1) is 6.61 Å². The lowest BCUT2D eigenvalue weighted by molar-refractivity contribution is 0.182. The summed E-state index contributed by atoms with van der Waals surface area (Å²) in [6, 6.07) is 9.17. The van der Waals surface area contributed by atoms with Crippen LogP contribution in [-0.2, 0) is 4.74 Å². The number of ether oxygens (including phenoxy) is 1. The Balaban J connectivity index is 1.97. The van der Waals surface area contributed by atoms with Crippen molar-refractivity contribution in [1.82, 2.24) is 0 Å². The van der Waals surface area contributed by atoms with Crippen LogP contribution in [-0.4, -0.2) is 19.3 Å². The predicted molar refractivity (Wildman–Crippen MR) is 67.8 cm³/mol. The molecule has 0 radical (unpaired) electrons. The second-order valence-electron chi connectivity index (χ2n) is 4.65. The first-order valence-electron chi connectivity index (χ1n) is 6.20. The van der Waals surface area contributed by atoms with Crippen LogP contribution in [0, 0.1) is 12.8 Å². The lowest BCUT2D eigenvalue weighted by Gasteiger charge is -2.23. The van der Waals surface area contributed by atoms with Crippen LogP contribution in [0.3, 0.4) is 0 Å². The summed E-state index contributed by atoms with van der Waals surface area (Å²) in [5, 5.41) is 3.62. The Labute approximate surface area is 98.0 Å². The molecule has 2 heteroatoms. The van der Waals surface area contributed by atoms with Gasteiger partial charge in [-0.2, -0.15) is 0 Å². The van der Waals surface area contributed by atoms with Crippen LogP contribution in [0.5, 0.6) is 0 Å². The second kappa shape index (κ2) is 5.35. The van der Waals surface area contributed by atoms with E-state index >= 15 is 0 Å². The molecule has 0 spiro atoms. The van der Waals surface area contributed by atoms with Crippen molar-refractivity contribution >= 4 is 5.69 Å². The predicted octanol–water partition coefficient (Wildman–Crippen LogP) is 3.22. The minimum atomic E-state index is 0.546. The van der Waals surface area contributed by atoms with Gasteiger partial charge in [-0.05, 0) is 31.9 Å². The van der Waals surface area contributed by atoms with Gasteiger partial charge in [0.25, 0.3) is 0 Å². The lowest BCUT2D eigenvalue weighted by Crippen LogP contribution is -2.28. The third-order valence-electron chi connectivity index (χ3n) is 3.38. The fraction of sp³-hybridized carbons (Fsp3) is 0.571. The van der Waals surface area contributed by atoms with Crippen LogP contribution in [0.4, 0.5) is 5.69 Å². The smallest absolute Gasteiger partial charge is 0.0514 e. The van der Waals surface area contributed by atoms with Gasteiger partial charge in [-0.15, -0.1) is 0 Å². The minimum absolute atomic E-state index is 0.546. The summed E-state index contributed by atoms with van der Waals surface area (Å²) in [6.07, 6.45) is 2.35. The molecule has 2 unspecified atom stereocenters. The molecular formula is C14H21NO. The minimum Gasteiger partial charge on any atom is -0.382 e. The molecule has 1 aliphatic heterocycles. The molecule has 1 aromatic rings. The molecule has 1 saturated heterocycles. The zero-order chi connectivity index (χ0) is 11.4. The highest BCUT2D eigenvalue weighted by atomic mass is 16.5. The maximum Gasteiger partial charge on any atom is 0.0514 e. The molecule has 1 N–H and O–H groups in total. The van der Waals surface area contributed by atoms with Crippen molar-refractivity contribution in [3.05, 3.63) is 29.8 Å². The molecule has 0 aliphatic carbocycles. The zero-order valence-electron chi connectivity index (χ0n) is 10.2. The van der Waals surface area contributed by atoms with E-state index in [1.165, 1.54) is 17.7 Å². The number of rotatable bonds is 4. The Kier molecular flexibility index (Phi) is 3.83. The average Bonchev–Trinajstić information content (AvgIpc) is 2.82. The largest absolute Gasteiger partial charge is 0.382 e. The SMILES string of the molecule is CCC(Nc1ccc(C)cc1)C1CCOC1. The molecule has 88 valence electrons. The first-order valence-corrected chi connectivity index (χ1v) is 6.20. The van der Waals surface area contributed by atoms with Gasteiger partial charge in [-0.3, -0.25) is 0 Å². The van der Waals surface area contributed by atoms with Crippen molar-refractivity contribution in [2.75, 3.05) is 18.5 Å². The van der Waals surface area contributed by atoms with Crippen molar-refractivity contribution in [2.45, 2.75) is 32.7 Å². The first kappa shape index (κ1) is 11.5. The molecule has 0 amide bonds. The van der Waals surface area contributed by atoms with Crippen LogP contribution >= 0.6 is 0 Å². The van der Waals surface area contributed by atoms with E-state index in [1.54, 1.807) is 0 Å². The molecule has 0 bridgehead atoms. The first-order chi connectivity index (χ1) is 7.79. The number of benzene rings is 1. The molecule has 16 heavy (non-hydrogen) atoms. The van der Waals surface area contributed by atoms with Crippen molar-refractivity contribution in [1.29, 1.82) is 0 Å². The molecular weight excluding hydrogens is 198 g/mol. The van der Waals surface area contributed by atoms with Gasteiger partial charge < -0.3 is 10.1 Å². The van der Waals surface area contributed by atoms with Crippen LogP contribution in [0.1, 0.15) is 25.3 Å². The van der Waals surface area contributed by atoms with Gasteiger partial charge in [0.2, 0.25) is 0 Å². The molecule has 2 atom stereocenters. The molecule has 2 nitrogen and oxygen atoms in total. The number of aryl methyl sites for hydroxylation is 1. The molecule has 1 aromatic carbocycles. The Morgan fingerprint density at radius 1 is 1.38 bits per heavy atom. The Morgan fingerprint density at radius 2 is 2.12 bits per heavy atom. The van der Waals surface area contributed by atoms with E-state index in [9.17, 15) is 0 Å². The maximum absolute atomic E-state index is 5.46. The number of nitrogens with one attached hydrogen (secondary N) is 1. The second-order valence-corrected chi connectivity index (χ2v) is 4.65. The molecule has 1 aliphatic rings. The molecule has 2 rings (SSSR count). The quantitative estimate of drug-likeness (QED) is 0.839. The number of hydrogen-bond donors (Lipinski definition) is 1. The number of anilines is 1. The molecule has 1 heterocycles. The highest BCUT2D eigenvalue weighted by Crippen LogP contribution is 2.22. The Hall–Kier alpha value is -1.02. The monoisotopic (exact) mass is 219 g/mol. The van der Waals surface area contributed by atoms with Crippen molar-refractivity contribution in [3.8, 4) is 0 Å². The van der Waals surface area contributed by atoms with E-state index in [0.717, 1.165) is 19.6 Å². The fourth-order valence-electron chi connectivity index (χ4n) is 2.29. The Bertz CT molecular complexity index is 314. The molecule has 0 saturated carbocycles. The van der Waals surface area contributed by atoms with Crippen molar-refractivity contribution in [3.63, 3.8) is 0 Å². The lowest BCUT2D eigenvalue weighted by atomic mass is 9.96. The summed E-state index contributed by atoms with van der Waals surface area (Å²) in [7, 11) is 0. The fourth-order valence-corrected chi connectivity index (χ4v) is 2.29. The van der Waals surface area contributed by atoms with E-state index < -0.39 is 0 Å². The molecule has 1 fully saturated rings. The Morgan fingerprint density at radius 3 is 2.69 bits per heavy atom. The van der Waals surface area contributed by atoms with Gasteiger partial charge in [-0.1, -0.05) is 24.6 Å². The topological polar surface area (TPSA) is 21.3 Å². The third-order valence-corrected chi connectivity index (χ3v) is 3.38. The van der Waals surface area contributed by atoms with Gasteiger partial charge in [0, 0.05) is 24.3 Å². The summed E-state index contributed by atoms with van der Waals surface area (Å²) >= 11 is 0. The normalized spacial score (nSPS) is 22.0.